The van der Waals surface area contributed by atoms with Crippen LogP contribution in [0.1, 0.15) is 43.4 Å². The van der Waals surface area contributed by atoms with Crippen molar-refractivity contribution in [1.29, 1.82) is 0 Å². The summed E-state index contributed by atoms with van der Waals surface area (Å²) in [6.07, 6.45) is 1.02. The molecule has 0 aliphatic rings. The van der Waals surface area contributed by atoms with Crippen molar-refractivity contribution in [3.63, 3.8) is 0 Å². The molecule has 0 bridgehead atoms. The normalized spacial score (nSPS) is 12.5. The molecule has 0 heterocycles. The maximum atomic E-state index is 12.4. The number of hydrogen-bond acceptors (Lipinski definition) is 3. The van der Waals surface area contributed by atoms with Crippen LogP contribution in [0, 0.1) is 6.92 Å². The third-order valence-corrected chi connectivity index (χ3v) is 4.75. The quantitative estimate of drug-likeness (QED) is 0.477. The zero-order chi connectivity index (χ0) is 20.1. The van der Waals surface area contributed by atoms with E-state index in [-0.39, 0.29) is 5.91 Å². The third kappa shape index (κ3) is 4.58. The molecule has 4 nitrogen and oxygen atoms in total. The van der Waals surface area contributed by atoms with Crippen LogP contribution in [0.25, 0.3) is 10.8 Å². The first kappa shape index (κ1) is 19.6. The predicted octanol–water partition coefficient (Wildman–Crippen LogP) is 5.19. The first-order chi connectivity index (χ1) is 13.5. The molecule has 0 aliphatic carbocycles. The number of amides is 1. The van der Waals surface area contributed by atoms with Crippen LogP contribution < -0.4 is 10.2 Å². The Labute approximate surface area is 166 Å². The van der Waals surface area contributed by atoms with Crippen molar-refractivity contribution in [3.8, 4) is 5.75 Å². The van der Waals surface area contributed by atoms with Crippen LogP contribution in [-0.4, -0.2) is 18.2 Å². The Morgan fingerprint density at radius 3 is 2.57 bits per heavy atom. The third-order valence-electron chi connectivity index (χ3n) is 4.75. The zero-order valence-electron chi connectivity index (χ0n) is 16.8. The summed E-state index contributed by atoms with van der Waals surface area (Å²) in [5.74, 6) is 0.843. The number of hydrazone groups is 1. The summed E-state index contributed by atoms with van der Waals surface area (Å²) in [5, 5.41) is 6.34. The van der Waals surface area contributed by atoms with Gasteiger partial charge in [0, 0.05) is 5.56 Å². The van der Waals surface area contributed by atoms with E-state index < -0.39 is 6.10 Å². The number of carbonyl (C=O) groups excluding carboxylic acids is 1. The fourth-order valence-corrected chi connectivity index (χ4v) is 2.97. The van der Waals surface area contributed by atoms with Crippen LogP contribution in [0.2, 0.25) is 0 Å². The topological polar surface area (TPSA) is 50.7 Å². The lowest BCUT2D eigenvalue weighted by atomic mass is 10.0. The highest BCUT2D eigenvalue weighted by molar-refractivity contribution is 6.00. The minimum atomic E-state index is -0.647. The number of aryl methyl sites for hydroxylation is 1. The van der Waals surface area contributed by atoms with Crippen molar-refractivity contribution in [2.24, 2.45) is 5.10 Å². The molecular weight excluding hydrogens is 348 g/mol. The molecule has 1 unspecified atom stereocenters. The van der Waals surface area contributed by atoms with Crippen LogP contribution >= 0.6 is 0 Å². The van der Waals surface area contributed by atoms with Crippen LogP contribution in [0.15, 0.2) is 65.8 Å². The lowest BCUT2D eigenvalue weighted by Crippen LogP contribution is -2.33. The maximum absolute atomic E-state index is 12.4. The largest absolute Gasteiger partial charge is 0.481 e. The average Bonchev–Trinajstić information content (AvgIpc) is 2.69. The van der Waals surface area contributed by atoms with Crippen molar-refractivity contribution >= 4 is 22.9 Å². The first-order valence-electron chi connectivity index (χ1n) is 9.53. The molecule has 0 saturated heterocycles. The molecule has 0 spiro atoms. The monoisotopic (exact) mass is 374 g/mol. The van der Waals surface area contributed by atoms with Gasteiger partial charge < -0.3 is 4.74 Å². The highest BCUT2D eigenvalue weighted by Crippen LogP contribution is 2.25. The van der Waals surface area contributed by atoms with Gasteiger partial charge in [0.2, 0.25) is 0 Å². The van der Waals surface area contributed by atoms with Crippen molar-refractivity contribution in [2.75, 3.05) is 0 Å². The number of carbonyl (C=O) groups is 1. The van der Waals surface area contributed by atoms with Gasteiger partial charge in [0.05, 0.1) is 6.21 Å². The van der Waals surface area contributed by atoms with Gasteiger partial charge in [-0.3, -0.25) is 4.79 Å². The summed E-state index contributed by atoms with van der Waals surface area (Å²) < 4.78 is 5.88. The SMILES string of the molecule is Cc1ccc(C(C)C)cc1OC(C)C(=O)NN=Cc1cccc2ccccc12. The Morgan fingerprint density at radius 2 is 1.79 bits per heavy atom. The molecule has 3 rings (SSSR count). The summed E-state index contributed by atoms with van der Waals surface area (Å²) >= 11 is 0. The fourth-order valence-electron chi connectivity index (χ4n) is 2.97. The Balaban J connectivity index is 1.66. The van der Waals surface area contributed by atoms with Gasteiger partial charge >= 0.3 is 0 Å². The van der Waals surface area contributed by atoms with Gasteiger partial charge in [-0.1, -0.05) is 68.4 Å². The van der Waals surface area contributed by atoms with E-state index in [0.29, 0.717) is 5.92 Å². The summed E-state index contributed by atoms with van der Waals surface area (Å²) in [5.41, 5.74) is 5.72. The molecule has 3 aromatic carbocycles. The Bertz CT molecular complexity index is 1000. The molecule has 1 N–H and O–H groups in total. The zero-order valence-corrected chi connectivity index (χ0v) is 16.8. The second-order valence-electron chi connectivity index (χ2n) is 7.24. The maximum Gasteiger partial charge on any atom is 0.280 e. The molecule has 28 heavy (non-hydrogen) atoms. The Hall–Kier alpha value is -3.14. The number of hydrogen-bond donors (Lipinski definition) is 1. The highest BCUT2D eigenvalue weighted by atomic mass is 16.5. The number of nitrogens with zero attached hydrogens (tertiary/aromatic N) is 1. The van der Waals surface area contributed by atoms with Gasteiger partial charge in [-0.25, -0.2) is 5.43 Å². The van der Waals surface area contributed by atoms with E-state index in [0.717, 1.165) is 27.6 Å². The van der Waals surface area contributed by atoms with Crippen molar-refractivity contribution in [1.82, 2.24) is 5.43 Å². The Kier molecular flexibility index (Phi) is 6.09. The lowest BCUT2D eigenvalue weighted by Gasteiger charge is -2.16. The number of ether oxygens (including phenoxy) is 1. The van der Waals surface area contributed by atoms with E-state index in [9.17, 15) is 4.79 Å². The highest BCUT2D eigenvalue weighted by Gasteiger charge is 2.16. The molecule has 1 amide bonds. The molecule has 0 aliphatic heterocycles. The second kappa shape index (κ2) is 8.70. The minimum absolute atomic E-state index is 0.286. The average molecular weight is 374 g/mol. The molecule has 3 aromatic rings. The predicted molar refractivity (Wildman–Crippen MR) is 115 cm³/mol. The van der Waals surface area contributed by atoms with Crippen molar-refractivity contribution in [3.05, 3.63) is 77.4 Å². The number of rotatable bonds is 6. The number of fused-ring (bicyclic) bond motifs is 1. The van der Waals surface area contributed by atoms with Gasteiger partial charge in [-0.05, 0) is 47.7 Å². The number of benzene rings is 3. The molecular formula is C24H26N2O2. The van der Waals surface area contributed by atoms with E-state index >= 15 is 0 Å². The van der Waals surface area contributed by atoms with E-state index in [2.05, 4.69) is 42.6 Å². The van der Waals surface area contributed by atoms with Gasteiger partial charge in [-0.2, -0.15) is 5.10 Å². The van der Waals surface area contributed by atoms with Crippen molar-refractivity contribution < 1.29 is 9.53 Å². The van der Waals surface area contributed by atoms with Crippen LogP contribution in [0.5, 0.6) is 5.75 Å². The summed E-state index contributed by atoms with van der Waals surface area (Å²) in [6, 6.07) is 20.2. The first-order valence-corrected chi connectivity index (χ1v) is 9.53. The molecule has 0 saturated carbocycles. The van der Waals surface area contributed by atoms with E-state index in [1.54, 1.807) is 13.1 Å². The van der Waals surface area contributed by atoms with Crippen LogP contribution in [0.3, 0.4) is 0 Å². The smallest absolute Gasteiger partial charge is 0.280 e. The van der Waals surface area contributed by atoms with Crippen molar-refractivity contribution in [2.45, 2.75) is 39.7 Å². The van der Waals surface area contributed by atoms with E-state index in [4.69, 9.17) is 4.74 Å². The van der Waals surface area contributed by atoms with E-state index in [1.165, 1.54) is 5.56 Å². The molecule has 0 aromatic heterocycles. The minimum Gasteiger partial charge on any atom is -0.481 e. The molecule has 144 valence electrons. The van der Waals surface area contributed by atoms with Crippen LogP contribution in [0.4, 0.5) is 0 Å². The second-order valence-corrected chi connectivity index (χ2v) is 7.24. The van der Waals surface area contributed by atoms with Gasteiger partial charge in [0.25, 0.3) is 5.91 Å². The fraction of sp³-hybridized carbons (Fsp3) is 0.250. The molecule has 4 heteroatoms. The van der Waals surface area contributed by atoms with Crippen LogP contribution in [-0.2, 0) is 4.79 Å². The van der Waals surface area contributed by atoms with Gasteiger partial charge in [0.1, 0.15) is 5.75 Å². The van der Waals surface area contributed by atoms with Gasteiger partial charge in [-0.15, -0.1) is 0 Å². The molecule has 0 fully saturated rings. The van der Waals surface area contributed by atoms with Gasteiger partial charge in [0.15, 0.2) is 6.10 Å². The molecule has 1 atom stereocenters. The lowest BCUT2D eigenvalue weighted by molar-refractivity contribution is -0.127. The standard InChI is InChI=1S/C24H26N2O2/c1-16(2)20-13-12-17(3)23(14-20)28-18(4)24(27)26-25-15-21-10-7-9-19-8-5-6-11-22(19)21/h5-16,18H,1-4H3,(H,26,27). The summed E-state index contributed by atoms with van der Waals surface area (Å²) in [6.45, 7) is 7.96. The number of nitrogens with one attached hydrogen (secondary N) is 1. The van der Waals surface area contributed by atoms with E-state index in [1.807, 2.05) is 49.4 Å². The molecule has 0 radical (unpaired) electrons. The summed E-state index contributed by atoms with van der Waals surface area (Å²) in [7, 11) is 0. The Morgan fingerprint density at radius 1 is 1.04 bits per heavy atom. The summed E-state index contributed by atoms with van der Waals surface area (Å²) in [4.78, 5) is 12.4.